The molecule has 0 heterocycles. The average molecular weight is 364 g/mol. The van der Waals surface area contributed by atoms with Crippen molar-refractivity contribution in [2.24, 2.45) is 0 Å². The molecule has 0 radical (unpaired) electrons. The van der Waals surface area contributed by atoms with Crippen LogP contribution in [0.5, 0.6) is 0 Å². The van der Waals surface area contributed by atoms with Crippen molar-refractivity contribution in [3.63, 3.8) is 0 Å². The molecule has 0 aliphatic rings. The quantitative estimate of drug-likeness (QED) is 0.361. The van der Waals surface area contributed by atoms with Gasteiger partial charge in [0.2, 0.25) is 0 Å². The largest absolute Gasteiger partial charge is 0.0629 e. The molecule has 0 unspecified atom stereocenters. The Balaban J connectivity index is 2.07. The van der Waals surface area contributed by atoms with E-state index >= 15 is 0 Å². The van der Waals surface area contributed by atoms with Gasteiger partial charge in [-0.05, 0) is 57.3 Å². The predicted octanol–water partition coefficient (Wildman–Crippen LogP) is 6.94. The number of hydrogen-bond acceptors (Lipinski definition) is 0. The monoisotopic (exact) mass is 363 g/mol. The third kappa shape index (κ3) is 2.80. The minimum atomic E-state index is -0.382. The molecule has 4 aromatic rings. The first kappa shape index (κ1) is 9.69. The smallest absolute Gasteiger partial charge is 0.0622 e. The molecule has 0 spiro atoms. The van der Waals surface area contributed by atoms with Crippen molar-refractivity contribution in [2.75, 3.05) is 0 Å². The molecular weight excluding hydrogens is 344 g/mol. The zero-order valence-corrected chi connectivity index (χ0v) is 13.7. The van der Waals surface area contributed by atoms with Crippen LogP contribution < -0.4 is 0 Å². The number of hydrogen-bond donors (Lipinski definition) is 0. The van der Waals surface area contributed by atoms with E-state index in [4.69, 9.17) is 6.85 Å². The van der Waals surface area contributed by atoms with Gasteiger partial charge in [-0.25, -0.2) is 0 Å². The molecular formula is C22H15Br. The summed E-state index contributed by atoms with van der Waals surface area (Å²) < 4.78 is 41.4. The van der Waals surface area contributed by atoms with Crippen LogP contribution in [0.1, 0.15) is 6.85 Å². The zero-order chi connectivity index (χ0) is 20.0. The van der Waals surface area contributed by atoms with E-state index in [9.17, 15) is 0 Å². The molecule has 0 nitrogen and oxygen atoms in total. The highest BCUT2D eigenvalue weighted by atomic mass is 79.9. The van der Waals surface area contributed by atoms with Gasteiger partial charge in [0.1, 0.15) is 0 Å². The van der Waals surface area contributed by atoms with Crippen LogP contribution in [0.2, 0.25) is 0 Å². The third-order valence-corrected chi connectivity index (χ3v) is 4.33. The van der Waals surface area contributed by atoms with Gasteiger partial charge in [0, 0.05) is 4.47 Å². The van der Waals surface area contributed by atoms with E-state index in [1.54, 1.807) is 0 Å². The highest BCUT2D eigenvalue weighted by molar-refractivity contribution is 9.10. The van der Waals surface area contributed by atoms with Crippen molar-refractivity contribution < 1.29 is 6.85 Å². The van der Waals surface area contributed by atoms with E-state index < -0.39 is 0 Å². The molecule has 0 aromatic heterocycles. The Kier molecular flexibility index (Phi) is 2.54. The van der Waals surface area contributed by atoms with Gasteiger partial charge in [0.15, 0.2) is 0 Å². The number of benzene rings is 4. The van der Waals surface area contributed by atoms with Crippen molar-refractivity contribution in [3.05, 3.63) is 95.3 Å². The molecule has 23 heavy (non-hydrogen) atoms. The summed E-state index contributed by atoms with van der Waals surface area (Å²) in [6.45, 7) is 0. The fourth-order valence-corrected chi connectivity index (χ4v) is 2.98. The Morgan fingerprint density at radius 2 is 1.43 bits per heavy atom. The maximum absolute atomic E-state index is 8.31. The van der Waals surface area contributed by atoms with Gasteiger partial charge in [-0.2, -0.15) is 0 Å². The van der Waals surface area contributed by atoms with Crippen LogP contribution in [-0.2, 0) is 0 Å². The van der Waals surface area contributed by atoms with Crippen LogP contribution in [-0.4, -0.2) is 0 Å². The van der Waals surface area contributed by atoms with Gasteiger partial charge in [-0.1, -0.05) is 82.5 Å². The zero-order valence-electron chi connectivity index (χ0n) is 17.2. The Bertz CT molecular complexity index is 1190. The lowest BCUT2D eigenvalue weighted by atomic mass is 9.93. The highest BCUT2D eigenvalue weighted by Gasteiger charge is 2.07. The normalized spacial score (nSPS) is 13.9. The summed E-state index contributed by atoms with van der Waals surface area (Å²) in [5.74, 6) is 0. The molecule has 110 valence electrons. The van der Waals surface area contributed by atoms with Crippen LogP contribution in [0.15, 0.2) is 95.3 Å². The standard InChI is InChI=1S/C22H15Br/c23-20-12-10-17(11-13-20)22-15-19(16-6-2-1-3-7-16)14-18-8-4-5-9-21(18)22/h1-15H/i1D,2D,3D,6D,7D. The van der Waals surface area contributed by atoms with Gasteiger partial charge >= 0.3 is 0 Å². The Hall–Kier alpha value is -2.38. The molecule has 0 atom stereocenters. The minimum absolute atomic E-state index is 0.192. The summed E-state index contributed by atoms with van der Waals surface area (Å²) in [5, 5.41) is 1.99. The van der Waals surface area contributed by atoms with Gasteiger partial charge < -0.3 is 0 Å². The molecule has 0 amide bonds. The second kappa shape index (κ2) is 6.02. The molecule has 1 heteroatoms. The molecule has 0 aliphatic carbocycles. The van der Waals surface area contributed by atoms with E-state index in [0.717, 1.165) is 26.4 Å². The summed E-state index contributed by atoms with van der Waals surface area (Å²) >= 11 is 3.45. The van der Waals surface area contributed by atoms with Crippen molar-refractivity contribution in [1.82, 2.24) is 0 Å². The Labute approximate surface area is 151 Å². The molecule has 0 N–H and O–H groups in total. The van der Waals surface area contributed by atoms with Gasteiger partial charge in [0.25, 0.3) is 0 Å². The third-order valence-electron chi connectivity index (χ3n) is 3.81. The lowest BCUT2D eigenvalue weighted by Gasteiger charge is -2.11. The summed E-state index contributed by atoms with van der Waals surface area (Å²) in [6.07, 6.45) is 0. The van der Waals surface area contributed by atoms with Crippen LogP contribution in [0.3, 0.4) is 0 Å². The van der Waals surface area contributed by atoms with E-state index in [1.165, 1.54) is 0 Å². The van der Waals surface area contributed by atoms with Crippen LogP contribution >= 0.6 is 15.9 Å². The van der Waals surface area contributed by atoms with Crippen LogP contribution in [0, 0.1) is 0 Å². The van der Waals surface area contributed by atoms with Gasteiger partial charge in [-0.15, -0.1) is 0 Å². The fourth-order valence-electron chi connectivity index (χ4n) is 2.72. The second-order valence-electron chi connectivity index (χ2n) is 5.25. The first-order valence-corrected chi connectivity index (χ1v) is 8.04. The lowest BCUT2D eigenvalue weighted by Crippen LogP contribution is -1.85. The first-order chi connectivity index (χ1) is 13.4. The molecule has 4 rings (SSSR count). The van der Waals surface area contributed by atoms with Crippen molar-refractivity contribution in [1.29, 1.82) is 0 Å². The van der Waals surface area contributed by atoms with Gasteiger partial charge in [-0.3, -0.25) is 0 Å². The Morgan fingerprint density at radius 3 is 2.22 bits per heavy atom. The maximum Gasteiger partial charge on any atom is 0.0629 e. The van der Waals surface area contributed by atoms with E-state index in [1.807, 2.05) is 60.7 Å². The van der Waals surface area contributed by atoms with Crippen molar-refractivity contribution in [2.45, 2.75) is 0 Å². The number of halogens is 1. The molecule has 0 saturated heterocycles. The van der Waals surface area contributed by atoms with E-state index in [0.29, 0.717) is 5.56 Å². The summed E-state index contributed by atoms with van der Waals surface area (Å²) in [5.41, 5.74) is 2.77. The molecule has 0 aliphatic heterocycles. The first-order valence-electron chi connectivity index (χ1n) is 9.74. The number of fused-ring (bicyclic) bond motifs is 1. The fraction of sp³-hybridized carbons (Fsp3) is 0. The summed E-state index contributed by atoms with van der Waals surface area (Å²) in [7, 11) is 0. The number of rotatable bonds is 2. The lowest BCUT2D eigenvalue weighted by molar-refractivity contribution is 1.60. The maximum atomic E-state index is 8.31. The van der Waals surface area contributed by atoms with Crippen molar-refractivity contribution in [3.8, 4) is 22.3 Å². The summed E-state index contributed by atoms with van der Waals surface area (Å²) in [6, 6.07) is 18.2. The topological polar surface area (TPSA) is 0 Å². The highest BCUT2D eigenvalue weighted by Crippen LogP contribution is 2.34. The Morgan fingerprint density at radius 1 is 0.696 bits per heavy atom. The van der Waals surface area contributed by atoms with Crippen molar-refractivity contribution >= 4 is 26.7 Å². The van der Waals surface area contributed by atoms with Crippen LogP contribution in [0.25, 0.3) is 33.0 Å². The molecule has 0 bridgehead atoms. The average Bonchev–Trinajstić information content (AvgIpc) is 2.71. The predicted molar refractivity (Wildman–Crippen MR) is 103 cm³/mol. The molecule has 4 aromatic carbocycles. The molecule has 0 saturated carbocycles. The van der Waals surface area contributed by atoms with E-state index in [-0.39, 0.29) is 35.8 Å². The SMILES string of the molecule is [2H]c1c([2H])c([2H])c(-c2cc(-c3ccc(Br)cc3)c3ccccc3c2)c([2H])c1[2H]. The van der Waals surface area contributed by atoms with E-state index in [2.05, 4.69) is 15.9 Å². The minimum Gasteiger partial charge on any atom is -0.0622 e. The van der Waals surface area contributed by atoms with Gasteiger partial charge in [0.05, 0.1) is 6.85 Å². The molecule has 0 fully saturated rings. The summed E-state index contributed by atoms with van der Waals surface area (Å²) in [4.78, 5) is 0. The second-order valence-corrected chi connectivity index (χ2v) is 6.17. The van der Waals surface area contributed by atoms with Crippen LogP contribution in [0.4, 0.5) is 0 Å².